The minimum atomic E-state index is -2.94. The number of aromatic nitrogens is 2. The highest BCUT2D eigenvalue weighted by atomic mass is 19.3. The predicted molar refractivity (Wildman–Crippen MR) is 91.5 cm³/mol. The van der Waals surface area contributed by atoms with Gasteiger partial charge in [-0.25, -0.2) is 0 Å². The van der Waals surface area contributed by atoms with Crippen molar-refractivity contribution >= 4 is 11.9 Å². The van der Waals surface area contributed by atoms with Gasteiger partial charge in [-0.15, -0.1) is 0 Å². The highest BCUT2D eigenvalue weighted by molar-refractivity contribution is 6.00. The van der Waals surface area contributed by atoms with Gasteiger partial charge in [0, 0.05) is 11.6 Å². The van der Waals surface area contributed by atoms with E-state index < -0.39 is 12.6 Å². The first-order valence-corrected chi connectivity index (χ1v) is 8.56. The minimum Gasteiger partial charge on any atom is -0.481 e. The van der Waals surface area contributed by atoms with Crippen LogP contribution in [0.3, 0.4) is 0 Å². The van der Waals surface area contributed by atoms with Crippen LogP contribution in [0.25, 0.3) is 11.3 Å². The Balaban J connectivity index is 1.70. The van der Waals surface area contributed by atoms with Crippen LogP contribution in [0.2, 0.25) is 0 Å². The fraction of sp³-hybridized carbons (Fsp3) is 0.389. The van der Waals surface area contributed by atoms with E-state index in [0.717, 1.165) is 0 Å². The number of alkyl halides is 2. The number of H-pyrrole nitrogens is 1. The number of amides is 1. The van der Waals surface area contributed by atoms with Gasteiger partial charge in [-0.2, -0.15) is 13.9 Å². The average Bonchev–Trinajstić information content (AvgIpc) is 3.12. The van der Waals surface area contributed by atoms with Gasteiger partial charge in [0.1, 0.15) is 5.75 Å². The van der Waals surface area contributed by atoms with Crippen molar-refractivity contribution in [3.8, 4) is 17.0 Å². The highest BCUT2D eigenvalue weighted by Gasteiger charge is 2.27. The average molecular weight is 379 g/mol. The van der Waals surface area contributed by atoms with Crippen molar-refractivity contribution < 1.29 is 28.2 Å². The summed E-state index contributed by atoms with van der Waals surface area (Å²) in [5.74, 6) is -1.53. The Kier molecular flexibility index (Phi) is 5.68. The minimum absolute atomic E-state index is 0.0181. The number of carboxylic acids is 1. The van der Waals surface area contributed by atoms with E-state index in [0.29, 0.717) is 36.9 Å². The molecule has 1 aliphatic rings. The molecule has 1 fully saturated rings. The summed E-state index contributed by atoms with van der Waals surface area (Å²) in [6.07, 6.45) is 3.59. The first-order valence-electron chi connectivity index (χ1n) is 8.56. The van der Waals surface area contributed by atoms with Crippen LogP contribution in [0.4, 0.5) is 8.78 Å². The molecule has 1 aromatic heterocycles. The number of benzene rings is 1. The van der Waals surface area contributed by atoms with E-state index >= 15 is 0 Å². The Labute approximate surface area is 153 Å². The van der Waals surface area contributed by atoms with Gasteiger partial charge in [-0.05, 0) is 37.8 Å². The Morgan fingerprint density at radius 1 is 1.26 bits per heavy atom. The zero-order chi connectivity index (χ0) is 19.4. The number of hydrogen-bond acceptors (Lipinski definition) is 4. The Morgan fingerprint density at radius 2 is 2.00 bits per heavy atom. The second-order valence-electron chi connectivity index (χ2n) is 6.43. The lowest BCUT2D eigenvalue weighted by molar-refractivity contribution is -0.142. The molecule has 3 N–H and O–H groups in total. The van der Waals surface area contributed by atoms with Gasteiger partial charge >= 0.3 is 12.6 Å². The van der Waals surface area contributed by atoms with Crippen LogP contribution < -0.4 is 10.1 Å². The van der Waals surface area contributed by atoms with Crippen molar-refractivity contribution in [1.82, 2.24) is 15.5 Å². The summed E-state index contributed by atoms with van der Waals surface area (Å²) in [4.78, 5) is 23.6. The van der Waals surface area contributed by atoms with Crippen LogP contribution in [0.1, 0.15) is 36.0 Å². The van der Waals surface area contributed by atoms with Crippen molar-refractivity contribution in [3.05, 3.63) is 36.0 Å². The summed E-state index contributed by atoms with van der Waals surface area (Å²) in [7, 11) is 0. The number of rotatable bonds is 6. The van der Waals surface area contributed by atoms with E-state index in [-0.39, 0.29) is 29.2 Å². The first kappa shape index (κ1) is 18.8. The van der Waals surface area contributed by atoms with Gasteiger partial charge in [0.15, 0.2) is 0 Å². The second-order valence-corrected chi connectivity index (χ2v) is 6.43. The molecule has 0 saturated heterocycles. The molecule has 0 bridgehead atoms. The molecule has 144 valence electrons. The molecule has 2 aromatic rings. The van der Waals surface area contributed by atoms with Crippen LogP contribution in [-0.4, -0.2) is 39.8 Å². The van der Waals surface area contributed by atoms with E-state index in [9.17, 15) is 18.4 Å². The summed E-state index contributed by atoms with van der Waals surface area (Å²) in [6.45, 7) is -2.94. The summed E-state index contributed by atoms with van der Waals surface area (Å²) >= 11 is 0. The zero-order valence-electron chi connectivity index (χ0n) is 14.3. The molecule has 1 saturated carbocycles. The number of aromatic amines is 1. The molecule has 0 unspecified atom stereocenters. The summed E-state index contributed by atoms with van der Waals surface area (Å²) in [5, 5.41) is 18.5. The molecular weight excluding hydrogens is 360 g/mol. The molecule has 1 heterocycles. The van der Waals surface area contributed by atoms with Crippen LogP contribution in [0, 0.1) is 5.92 Å². The smallest absolute Gasteiger partial charge is 0.387 e. The lowest BCUT2D eigenvalue weighted by atomic mass is 9.86. The Bertz CT molecular complexity index is 816. The third-order valence-corrected chi connectivity index (χ3v) is 4.64. The quantitative estimate of drug-likeness (QED) is 0.716. The lowest BCUT2D eigenvalue weighted by Crippen LogP contribution is -2.38. The third kappa shape index (κ3) is 4.60. The number of hydrogen-bond donors (Lipinski definition) is 3. The van der Waals surface area contributed by atoms with Crippen molar-refractivity contribution in [2.45, 2.75) is 38.3 Å². The predicted octanol–water partition coefficient (Wildman–Crippen LogP) is 3.05. The van der Waals surface area contributed by atoms with E-state index in [2.05, 4.69) is 20.3 Å². The molecule has 1 aliphatic carbocycles. The van der Waals surface area contributed by atoms with Crippen LogP contribution in [-0.2, 0) is 4.79 Å². The Morgan fingerprint density at radius 3 is 2.67 bits per heavy atom. The molecule has 1 aromatic carbocycles. The summed E-state index contributed by atoms with van der Waals surface area (Å²) in [6, 6.07) is 5.88. The van der Waals surface area contributed by atoms with Gasteiger partial charge in [0.2, 0.25) is 0 Å². The molecule has 3 rings (SSSR count). The molecule has 0 radical (unpaired) electrons. The van der Waals surface area contributed by atoms with Crippen molar-refractivity contribution in [2.75, 3.05) is 0 Å². The fourth-order valence-corrected chi connectivity index (χ4v) is 3.25. The van der Waals surface area contributed by atoms with E-state index in [4.69, 9.17) is 5.11 Å². The number of halogens is 2. The summed E-state index contributed by atoms with van der Waals surface area (Å²) in [5.41, 5.74) is 1.17. The number of carbonyl (C=O) groups excluding carboxylic acids is 1. The normalized spacial score (nSPS) is 19.7. The van der Waals surface area contributed by atoms with Crippen LogP contribution >= 0.6 is 0 Å². The van der Waals surface area contributed by atoms with Crippen molar-refractivity contribution in [1.29, 1.82) is 0 Å². The zero-order valence-corrected chi connectivity index (χ0v) is 14.3. The number of nitrogens with one attached hydrogen (secondary N) is 2. The standard InChI is InChI=1S/C18H19F2N3O4/c19-18(20)27-13-3-1-2-11(8-13)15-14(9-21-23-15)16(24)22-12-6-4-10(5-7-12)17(25)26/h1-3,8-10,12,18H,4-7H2,(H,21,23)(H,22,24)(H,25,26). The topological polar surface area (TPSA) is 104 Å². The van der Waals surface area contributed by atoms with Crippen molar-refractivity contribution in [2.24, 2.45) is 5.92 Å². The largest absolute Gasteiger partial charge is 0.481 e. The molecule has 27 heavy (non-hydrogen) atoms. The van der Waals surface area contributed by atoms with Crippen molar-refractivity contribution in [3.63, 3.8) is 0 Å². The first-order chi connectivity index (χ1) is 12.9. The number of ether oxygens (including phenoxy) is 1. The van der Waals surface area contributed by atoms with E-state index in [1.807, 2.05) is 0 Å². The number of aliphatic carboxylic acids is 1. The van der Waals surface area contributed by atoms with Gasteiger partial charge in [-0.3, -0.25) is 14.7 Å². The maximum absolute atomic E-state index is 12.6. The van der Waals surface area contributed by atoms with Gasteiger partial charge in [0.05, 0.1) is 23.4 Å². The number of nitrogens with zero attached hydrogens (tertiary/aromatic N) is 1. The molecule has 1 amide bonds. The van der Waals surface area contributed by atoms with Gasteiger partial charge in [-0.1, -0.05) is 12.1 Å². The lowest BCUT2D eigenvalue weighted by Gasteiger charge is -2.26. The number of carboxylic acid groups (broad SMARTS) is 1. The van der Waals surface area contributed by atoms with E-state index in [1.54, 1.807) is 12.1 Å². The van der Waals surface area contributed by atoms with Crippen LogP contribution in [0.5, 0.6) is 5.75 Å². The number of carbonyl (C=O) groups is 2. The third-order valence-electron chi connectivity index (χ3n) is 4.64. The van der Waals surface area contributed by atoms with Gasteiger partial charge in [0.25, 0.3) is 5.91 Å². The SMILES string of the molecule is O=C(NC1CCC(C(=O)O)CC1)c1cn[nH]c1-c1cccc(OC(F)F)c1. The maximum Gasteiger partial charge on any atom is 0.387 e. The van der Waals surface area contributed by atoms with Gasteiger partial charge < -0.3 is 15.2 Å². The second kappa shape index (κ2) is 8.15. The maximum atomic E-state index is 12.6. The molecule has 0 spiro atoms. The van der Waals surface area contributed by atoms with E-state index in [1.165, 1.54) is 18.3 Å². The monoisotopic (exact) mass is 379 g/mol. The Hall–Kier alpha value is -2.97. The van der Waals surface area contributed by atoms with Crippen LogP contribution in [0.15, 0.2) is 30.5 Å². The molecule has 9 heteroatoms. The molecule has 0 aliphatic heterocycles. The fourth-order valence-electron chi connectivity index (χ4n) is 3.25. The molecular formula is C18H19F2N3O4. The summed E-state index contributed by atoms with van der Waals surface area (Å²) < 4.78 is 29.2. The molecule has 7 nitrogen and oxygen atoms in total. The highest BCUT2D eigenvalue weighted by Crippen LogP contribution is 2.27. The molecule has 0 atom stereocenters.